The summed E-state index contributed by atoms with van der Waals surface area (Å²) in [6.45, 7) is 0. The average molecular weight is 341 g/mol. The molecule has 2 aromatic carbocycles. The number of nitrogens with one attached hydrogen (secondary N) is 1. The van der Waals surface area contributed by atoms with Gasteiger partial charge in [0.05, 0.1) is 11.4 Å². The standard InChI is InChI=1S/C22H19N3O/c26-22-18-8-4-5-9-19(18)23-21-14-20(24-25(21)22)17-12-10-16(11-13-17)15-6-2-1-3-7-15/h1-3,6-7,10-14,24H,4-5,8-9H2. The Labute approximate surface area is 151 Å². The topological polar surface area (TPSA) is 50.2 Å². The van der Waals surface area contributed by atoms with Crippen molar-refractivity contribution in [2.45, 2.75) is 25.7 Å². The number of benzene rings is 2. The van der Waals surface area contributed by atoms with Crippen LogP contribution in [0.4, 0.5) is 0 Å². The number of fused-ring (bicyclic) bond motifs is 2. The summed E-state index contributed by atoms with van der Waals surface area (Å²) in [6, 6.07) is 20.7. The fourth-order valence-electron chi connectivity index (χ4n) is 3.78. The van der Waals surface area contributed by atoms with Gasteiger partial charge in [-0.25, -0.2) is 9.50 Å². The van der Waals surface area contributed by atoms with Gasteiger partial charge in [0.1, 0.15) is 0 Å². The second-order valence-corrected chi connectivity index (χ2v) is 6.86. The average Bonchev–Trinajstić information content (AvgIpc) is 3.13. The monoisotopic (exact) mass is 341 g/mol. The van der Waals surface area contributed by atoms with Gasteiger partial charge in [-0.3, -0.25) is 9.89 Å². The molecule has 0 atom stereocenters. The molecule has 0 radical (unpaired) electrons. The zero-order valence-electron chi connectivity index (χ0n) is 14.4. The minimum Gasteiger partial charge on any atom is -0.289 e. The van der Waals surface area contributed by atoms with Gasteiger partial charge in [-0.05, 0) is 42.4 Å². The molecule has 0 saturated carbocycles. The number of rotatable bonds is 2. The predicted molar refractivity (Wildman–Crippen MR) is 103 cm³/mol. The Kier molecular flexibility index (Phi) is 3.49. The first-order valence-corrected chi connectivity index (χ1v) is 9.09. The van der Waals surface area contributed by atoms with Crippen LogP contribution in [0, 0.1) is 0 Å². The molecule has 128 valence electrons. The van der Waals surface area contributed by atoms with Crippen LogP contribution in [-0.4, -0.2) is 14.6 Å². The fourth-order valence-corrected chi connectivity index (χ4v) is 3.78. The van der Waals surface area contributed by atoms with Crippen LogP contribution in [0.2, 0.25) is 0 Å². The summed E-state index contributed by atoms with van der Waals surface area (Å²) < 4.78 is 1.59. The molecule has 1 aliphatic carbocycles. The molecule has 0 fully saturated rings. The first kappa shape index (κ1) is 15.1. The van der Waals surface area contributed by atoms with Gasteiger partial charge >= 0.3 is 0 Å². The van der Waals surface area contributed by atoms with Gasteiger partial charge in [-0.15, -0.1) is 0 Å². The molecule has 2 aromatic heterocycles. The van der Waals surface area contributed by atoms with Crippen LogP contribution in [0.5, 0.6) is 0 Å². The Morgan fingerprint density at radius 3 is 2.35 bits per heavy atom. The molecule has 1 aliphatic rings. The van der Waals surface area contributed by atoms with Crippen LogP contribution >= 0.6 is 0 Å². The Balaban J connectivity index is 1.57. The lowest BCUT2D eigenvalue weighted by Crippen LogP contribution is -2.24. The minimum absolute atomic E-state index is 0.0526. The van der Waals surface area contributed by atoms with Gasteiger partial charge < -0.3 is 0 Å². The highest BCUT2D eigenvalue weighted by atomic mass is 16.1. The molecule has 0 saturated heterocycles. The molecule has 2 heterocycles. The predicted octanol–water partition coefficient (Wildman–Crippen LogP) is 4.24. The van der Waals surface area contributed by atoms with Gasteiger partial charge in [0.15, 0.2) is 5.65 Å². The van der Waals surface area contributed by atoms with Crippen molar-refractivity contribution in [3.63, 3.8) is 0 Å². The smallest absolute Gasteiger partial charge is 0.276 e. The number of aromatic nitrogens is 3. The summed E-state index contributed by atoms with van der Waals surface area (Å²) in [6.07, 6.45) is 3.94. The summed E-state index contributed by atoms with van der Waals surface area (Å²) in [4.78, 5) is 17.5. The number of nitrogens with zero attached hydrogens (tertiary/aromatic N) is 2. The molecular formula is C22H19N3O. The SMILES string of the molecule is O=c1c2c(nc3cc(-c4ccc(-c5ccccc5)cc4)[nH]n13)CCCC2. The first-order valence-electron chi connectivity index (χ1n) is 9.09. The molecule has 4 aromatic rings. The van der Waals surface area contributed by atoms with Gasteiger partial charge in [0.25, 0.3) is 5.56 Å². The molecule has 0 bridgehead atoms. The van der Waals surface area contributed by atoms with E-state index in [-0.39, 0.29) is 5.56 Å². The molecule has 5 rings (SSSR count). The summed E-state index contributed by atoms with van der Waals surface area (Å²) in [5, 5.41) is 3.23. The largest absolute Gasteiger partial charge is 0.289 e. The van der Waals surface area contributed by atoms with E-state index in [0.29, 0.717) is 5.65 Å². The lowest BCUT2D eigenvalue weighted by atomic mass is 9.97. The molecule has 1 N–H and O–H groups in total. The quantitative estimate of drug-likeness (QED) is 0.593. The van der Waals surface area contributed by atoms with Crippen LogP contribution < -0.4 is 5.56 Å². The first-order chi connectivity index (χ1) is 12.8. The van der Waals surface area contributed by atoms with Crippen molar-refractivity contribution in [1.29, 1.82) is 0 Å². The fraction of sp³-hybridized carbons (Fsp3) is 0.182. The van der Waals surface area contributed by atoms with Gasteiger partial charge in [-0.2, -0.15) is 0 Å². The van der Waals surface area contributed by atoms with E-state index < -0.39 is 0 Å². The highest BCUT2D eigenvalue weighted by Crippen LogP contribution is 2.25. The number of H-pyrrole nitrogens is 1. The van der Waals surface area contributed by atoms with Crippen molar-refractivity contribution >= 4 is 5.65 Å². The van der Waals surface area contributed by atoms with Crippen molar-refractivity contribution in [1.82, 2.24) is 14.6 Å². The minimum atomic E-state index is 0.0526. The number of aromatic amines is 1. The van der Waals surface area contributed by atoms with Crippen LogP contribution in [-0.2, 0) is 12.8 Å². The van der Waals surface area contributed by atoms with E-state index in [1.54, 1.807) is 4.52 Å². The third kappa shape index (κ3) is 2.46. The lowest BCUT2D eigenvalue weighted by Gasteiger charge is -2.13. The van der Waals surface area contributed by atoms with Crippen molar-refractivity contribution in [3.05, 3.63) is 82.3 Å². The molecular weight excluding hydrogens is 322 g/mol. The summed E-state index contributed by atoms with van der Waals surface area (Å²) >= 11 is 0. The number of hydrogen-bond donors (Lipinski definition) is 1. The van der Waals surface area contributed by atoms with E-state index in [1.165, 1.54) is 11.1 Å². The second kappa shape index (κ2) is 5.99. The molecule has 0 spiro atoms. The maximum Gasteiger partial charge on any atom is 0.276 e. The van der Waals surface area contributed by atoms with E-state index >= 15 is 0 Å². The van der Waals surface area contributed by atoms with E-state index in [4.69, 9.17) is 4.98 Å². The summed E-state index contributed by atoms with van der Waals surface area (Å²) in [7, 11) is 0. The highest BCUT2D eigenvalue weighted by Gasteiger charge is 2.17. The Morgan fingerprint density at radius 1 is 0.846 bits per heavy atom. The van der Waals surface area contributed by atoms with Crippen molar-refractivity contribution in [2.24, 2.45) is 0 Å². The molecule has 0 unspecified atom stereocenters. The van der Waals surface area contributed by atoms with E-state index in [0.717, 1.165) is 48.2 Å². The maximum absolute atomic E-state index is 12.7. The van der Waals surface area contributed by atoms with Crippen molar-refractivity contribution in [2.75, 3.05) is 0 Å². The third-order valence-corrected chi connectivity index (χ3v) is 5.19. The van der Waals surface area contributed by atoms with Crippen molar-refractivity contribution < 1.29 is 0 Å². The van der Waals surface area contributed by atoms with Crippen LogP contribution in [0.1, 0.15) is 24.1 Å². The third-order valence-electron chi connectivity index (χ3n) is 5.19. The van der Waals surface area contributed by atoms with Gasteiger partial charge in [0, 0.05) is 11.6 Å². The zero-order chi connectivity index (χ0) is 17.5. The Morgan fingerprint density at radius 2 is 1.54 bits per heavy atom. The molecule has 4 nitrogen and oxygen atoms in total. The normalized spacial score (nSPS) is 13.7. The summed E-state index contributed by atoms with van der Waals surface area (Å²) in [5.41, 5.74) is 6.95. The zero-order valence-corrected chi connectivity index (χ0v) is 14.4. The van der Waals surface area contributed by atoms with E-state index in [2.05, 4.69) is 41.5 Å². The lowest BCUT2D eigenvalue weighted by molar-refractivity contribution is 0.651. The second-order valence-electron chi connectivity index (χ2n) is 6.86. The van der Waals surface area contributed by atoms with Gasteiger partial charge in [-0.1, -0.05) is 54.6 Å². The highest BCUT2D eigenvalue weighted by molar-refractivity contribution is 5.70. The maximum atomic E-state index is 12.7. The van der Waals surface area contributed by atoms with Crippen LogP contribution in [0.25, 0.3) is 28.0 Å². The molecule has 26 heavy (non-hydrogen) atoms. The molecule has 4 heteroatoms. The molecule has 0 amide bonds. The van der Waals surface area contributed by atoms with E-state index in [1.807, 2.05) is 24.3 Å². The van der Waals surface area contributed by atoms with Gasteiger partial charge in [0.2, 0.25) is 0 Å². The summed E-state index contributed by atoms with van der Waals surface area (Å²) in [5.74, 6) is 0. The van der Waals surface area contributed by atoms with Crippen LogP contribution in [0.3, 0.4) is 0 Å². The van der Waals surface area contributed by atoms with Crippen molar-refractivity contribution in [3.8, 4) is 22.4 Å². The Bertz CT molecular complexity index is 1140. The number of aryl methyl sites for hydroxylation is 1. The number of hydrogen-bond acceptors (Lipinski definition) is 2. The molecule has 0 aliphatic heterocycles. The Hall–Kier alpha value is -3.14. The van der Waals surface area contributed by atoms with E-state index in [9.17, 15) is 4.79 Å². The van der Waals surface area contributed by atoms with Crippen LogP contribution in [0.15, 0.2) is 65.5 Å².